The van der Waals surface area contributed by atoms with Gasteiger partial charge in [0.1, 0.15) is 0 Å². The van der Waals surface area contributed by atoms with E-state index in [1.165, 1.54) is 5.56 Å². The fourth-order valence-electron chi connectivity index (χ4n) is 2.53. The third-order valence-corrected chi connectivity index (χ3v) is 5.05. The van der Waals surface area contributed by atoms with E-state index in [9.17, 15) is 9.90 Å². The van der Waals surface area contributed by atoms with Crippen LogP contribution in [0.2, 0.25) is 0 Å². The molecule has 2 unspecified atom stereocenters. The van der Waals surface area contributed by atoms with Gasteiger partial charge in [-0.05, 0) is 30.9 Å². The van der Waals surface area contributed by atoms with Crippen molar-refractivity contribution >= 4 is 22.0 Å². The predicted octanol–water partition coefficient (Wildman–Crippen LogP) is 2.38. The number of aliphatic hydroxyl groups excluding tert-OH is 1. The molecule has 3 rings (SSSR count). The molecule has 108 valence electrons. The van der Waals surface area contributed by atoms with Gasteiger partial charge in [0, 0.05) is 28.4 Å². The molecule has 3 N–H and O–H groups in total. The highest BCUT2D eigenvalue weighted by atomic mass is 79.9. The van der Waals surface area contributed by atoms with Crippen LogP contribution >= 0.6 is 15.9 Å². The Balaban J connectivity index is 1.46. The Kier molecular flexibility index (Phi) is 3.73. The molecule has 0 bridgehead atoms. The van der Waals surface area contributed by atoms with Gasteiger partial charge < -0.3 is 15.7 Å². The van der Waals surface area contributed by atoms with Crippen LogP contribution in [0.25, 0.3) is 0 Å². The van der Waals surface area contributed by atoms with E-state index in [-0.39, 0.29) is 24.1 Å². The van der Waals surface area contributed by atoms with Gasteiger partial charge >= 0.3 is 6.03 Å². The van der Waals surface area contributed by atoms with E-state index in [1.54, 1.807) is 0 Å². The molecule has 0 radical (unpaired) electrons. The number of rotatable bonds is 5. The summed E-state index contributed by atoms with van der Waals surface area (Å²) in [5, 5.41) is 15.1. The second-order valence-corrected chi connectivity index (χ2v) is 6.81. The Morgan fingerprint density at radius 3 is 2.80 bits per heavy atom. The molecule has 0 spiro atoms. The summed E-state index contributed by atoms with van der Waals surface area (Å²) in [6, 6.07) is 8.24. The third kappa shape index (κ3) is 2.99. The van der Waals surface area contributed by atoms with Crippen LogP contribution in [0.5, 0.6) is 0 Å². The lowest BCUT2D eigenvalue weighted by Crippen LogP contribution is -2.40. The molecule has 1 aromatic rings. The second-order valence-electron chi connectivity index (χ2n) is 5.96. The Hall–Kier alpha value is -1.07. The number of halogens is 1. The first kappa shape index (κ1) is 13.9. The first-order valence-corrected chi connectivity index (χ1v) is 7.82. The van der Waals surface area contributed by atoms with Crippen molar-refractivity contribution in [2.45, 2.75) is 31.2 Å². The molecular formula is C15H19BrN2O2. The third-order valence-electron chi connectivity index (χ3n) is 4.33. The number of nitrogens with one attached hydrogen (secondary N) is 2. The highest BCUT2D eigenvalue weighted by Gasteiger charge is 2.43. The van der Waals surface area contributed by atoms with Crippen LogP contribution in [-0.2, 0) is 0 Å². The smallest absolute Gasteiger partial charge is 0.315 e. The number of carbonyl (C=O) groups excluding carboxylic acids is 1. The number of amides is 2. The summed E-state index contributed by atoms with van der Waals surface area (Å²) in [5.41, 5.74) is 1.22. The quantitative estimate of drug-likeness (QED) is 0.771. The molecule has 2 aliphatic carbocycles. The normalized spacial score (nSPS) is 25.9. The first-order chi connectivity index (χ1) is 9.63. The van der Waals surface area contributed by atoms with Gasteiger partial charge in [0.05, 0.1) is 6.61 Å². The molecular weight excluding hydrogens is 320 g/mol. The Morgan fingerprint density at radius 1 is 1.40 bits per heavy atom. The standard InChI is InChI=1S/C15H19BrN2O2/c16-12-4-2-1-3-10(12)11-7-13(11)18-14(20)17-8-15(9-19)5-6-15/h1-4,11,13,19H,5-9H2,(H2,17,18,20). The predicted molar refractivity (Wildman–Crippen MR) is 80.6 cm³/mol. The minimum Gasteiger partial charge on any atom is -0.396 e. The molecule has 0 aromatic heterocycles. The van der Waals surface area contributed by atoms with Crippen molar-refractivity contribution in [3.05, 3.63) is 34.3 Å². The van der Waals surface area contributed by atoms with E-state index in [4.69, 9.17) is 0 Å². The van der Waals surface area contributed by atoms with Crippen molar-refractivity contribution < 1.29 is 9.90 Å². The average Bonchev–Trinajstić information content (AvgIpc) is 3.34. The van der Waals surface area contributed by atoms with Crippen LogP contribution in [0.1, 0.15) is 30.7 Å². The van der Waals surface area contributed by atoms with Crippen molar-refractivity contribution in [1.29, 1.82) is 0 Å². The van der Waals surface area contributed by atoms with Gasteiger partial charge in [-0.3, -0.25) is 0 Å². The lowest BCUT2D eigenvalue weighted by Gasteiger charge is -2.13. The van der Waals surface area contributed by atoms with Crippen LogP contribution in [0.3, 0.4) is 0 Å². The van der Waals surface area contributed by atoms with Crippen molar-refractivity contribution in [2.75, 3.05) is 13.2 Å². The summed E-state index contributed by atoms with van der Waals surface area (Å²) in [5.74, 6) is 0.407. The van der Waals surface area contributed by atoms with E-state index >= 15 is 0 Å². The topological polar surface area (TPSA) is 61.4 Å². The minimum atomic E-state index is -0.121. The van der Waals surface area contributed by atoms with Gasteiger partial charge in [-0.25, -0.2) is 4.79 Å². The summed E-state index contributed by atoms with van der Waals surface area (Å²) in [4.78, 5) is 11.8. The maximum absolute atomic E-state index is 11.8. The second kappa shape index (κ2) is 5.37. The molecule has 20 heavy (non-hydrogen) atoms. The lowest BCUT2D eigenvalue weighted by molar-refractivity contribution is 0.203. The monoisotopic (exact) mass is 338 g/mol. The molecule has 2 atom stereocenters. The zero-order valence-electron chi connectivity index (χ0n) is 11.2. The van der Waals surface area contributed by atoms with Crippen LogP contribution in [-0.4, -0.2) is 30.3 Å². The molecule has 0 aliphatic heterocycles. The number of urea groups is 1. The van der Waals surface area contributed by atoms with Gasteiger partial charge in [0.25, 0.3) is 0 Å². The Bertz CT molecular complexity index is 516. The summed E-state index contributed by atoms with van der Waals surface area (Å²) >= 11 is 3.55. The highest BCUT2D eigenvalue weighted by molar-refractivity contribution is 9.10. The molecule has 2 amide bonds. The van der Waals surface area contributed by atoms with Crippen molar-refractivity contribution in [3.63, 3.8) is 0 Å². The molecule has 0 heterocycles. The summed E-state index contributed by atoms with van der Waals surface area (Å²) < 4.78 is 1.10. The first-order valence-electron chi connectivity index (χ1n) is 7.03. The lowest BCUT2D eigenvalue weighted by atomic mass is 10.1. The fourth-order valence-corrected chi connectivity index (χ4v) is 3.11. The van der Waals surface area contributed by atoms with E-state index < -0.39 is 0 Å². The number of benzene rings is 1. The van der Waals surface area contributed by atoms with Crippen molar-refractivity contribution in [2.24, 2.45) is 5.41 Å². The number of aliphatic hydroxyl groups is 1. The minimum absolute atomic E-state index is 0.0389. The molecule has 4 nitrogen and oxygen atoms in total. The SMILES string of the molecule is O=C(NCC1(CO)CC1)NC1CC1c1ccccc1Br. The largest absolute Gasteiger partial charge is 0.396 e. The van der Waals surface area contributed by atoms with Crippen molar-refractivity contribution in [3.8, 4) is 0 Å². The van der Waals surface area contributed by atoms with Gasteiger partial charge in [-0.1, -0.05) is 34.1 Å². The summed E-state index contributed by atoms with van der Waals surface area (Å²) in [6.07, 6.45) is 3.00. The molecule has 1 aromatic carbocycles. The van der Waals surface area contributed by atoms with Crippen molar-refractivity contribution in [1.82, 2.24) is 10.6 Å². The average molecular weight is 339 g/mol. The zero-order valence-corrected chi connectivity index (χ0v) is 12.8. The van der Waals surface area contributed by atoms with E-state index in [2.05, 4.69) is 32.6 Å². The van der Waals surface area contributed by atoms with Crippen LogP contribution in [0.4, 0.5) is 4.79 Å². The van der Waals surface area contributed by atoms with Gasteiger partial charge in [-0.2, -0.15) is 0 Å². The van der Waals surface area contributed by atoms with Gasteiger partial charge in [-0.15, -0.1) is 0 Å². The summed E-state index contributed by atoms with van der Waals surface area (Å²) in [6.45, 7) is 0.734. The molecule has 2 aliphatic rings. The van der Waals surface area contributed by atoms with E-state index in [1.807, 2.05) is 18.2 Å². The Morgan fingerprint density at radius 2 is 2.15 bits per heavy atom. The maximum Gasteiger partial charge on any atom is 0.315 e. The summed E-state index contributed by atoms with van der Waals surface area (Å²) in [7, 11) is 0. The van der Waals surface area contributed by atoms with E-state index in [0.29, 0.717) is 12.5 Å². The Labute approximate surface area is 127 Å². The number of hydrogen-bond acceptors (Lipinski definition) is 2. The van der Waals surface area contributed by atoms with Gasteiger partial charge in [0.15, 0.2) is 0 Å². The van der Waals surface area contributed by atoms with Crippen LogP contribution < -0.4 is 10.6 Å². The van der Waals surface area contributed by atoms with Crippen LogP contribution in [0, 0.1) is 5.41 Å². The number of carbonyl (C=O) groups is 1. The number of hydrogen-bond donors (Lipinski definition) is 3. The maximum atomic E-state index is 11.8. The van der Waals surface area contributed by atoms with E-state index in [0.717, 1.165) is 23.7 Å². The zero-order chi connectivity index (χ0) is 14.2. The molecule has 2 fully saturated rings. The molecule has 2 saturated carbocycles. The van der Waals surface area contributed by atoms with Crippen LogP contribution in [0.15, 0.2) is 28.7 Å². The fraction of sp³-hybridized carbons (Fsp3) is 0.533. The molecule has 0 saturated heterocycles. The molecule has 5 heteroatoms. The highest BCUT2D eigenvalue weighted by Crippen LogP contribution is 2.45. The van der Waals surface area contributed by atoms with Gasteiger partial charge in [0.2, 0.25) is 0 Å².